The Morgan fingerprint density at radius 2 is 1.50 bits per heavy atom. The summed E-state index contributed by atoms with van der Waals surface area (Å²) in [6.07, 6.45) is 0.0156. The summed E-state index contributed by atoms with van der Waals surface area (Å²) in [6, 6.07) is 16.2. The Kier molecular flexibility index (Phi) is 3.11. The topological polar surface area (TPSA) is 44.0 Å². The lowest BCUT2D eigenvalue weighted by Gasteiger charge is -2.09. The first-order valence-electron chi connectivity index (χ1n) is 6.68. The van der Waals surface area contributed by atoms with Crippen LogP contribution in [0.25, 0.3) is 21.8 Å². The standard InChI is InChI=1S/C17H15NO2/c1-12-13-6-2-4-8-15(13)18(11-10-17(19)20)16-9-5-3-7-14(12)16/h2-9H,10-11H2,1H3. The second-order valence-corrected chi connectivity index (χ2v) is 4.93. The van der Waals surface area contributed by atoms with Gasteiger partial charge in [0.05, 0.1) is 0 Å². The second kappa shape index (κ2) is 4.93. The van der Waals surface area contributed by atoms with Gasteiger partial charge in [0, 0.05) is 35.3 Å². The molecule has 0 N–H and O–H groups in total. The van der Waals surface area contributed by atoms with Gasteiger partial charge < -0.3 is 9.90 Å². The van der Waals surface area contributed by atoms with Crippen molar-refractivity contribution >= 4 is 27.8 Å². The number of para-hydroxylation sites is 2. The maximum absolute atomic E-state index is 10.8. The Balaban J connectivity index is 2.37. The molecule has 0 aliphatic carbocycles. The van der Waals surface area contributed by atoms with Gasteiger partial charge in [0.25, 0.3) is 0 Å². The van der Waals surface area contributed by atoms with Gasteiger partial charge in [-0.3, -0.25) is 0 Å². The summed E-state index contributed by atoms with van der Waals surface area (Å²) in [7, 11) is 0. The summed E-state index contributed by atoms with van der Waals surface area (Å²) >= 11 is 0. The molecule has 1 heterocycles. The minimum Gasteiger partial charge on any atom is -0.550 e. The molecule has 3 nitrogen and oxygen atoms in total. The highest BCUT2D eigenvalue weighted by molar-refractivity contribution is 5.93. The average molecular weight is 265 g/mol. The minimum absolute atomic E-state index is 0.0156. The summed E-state index contributed by atoms with van der Waals surface area (Å²) in [6.45, 7) is 2.53. The SMILES string of the molecule is Cc1c2ccccc2[n+](CCC(=O)[O-])c2ccccc12. The zero-order valence-corrected chi connectivity index (χ0v) is 11.3. The molecule has 0 bridgehead atoms. The maximum Gasteiger partial charge on any atom is 0.213 e. The van der Waals surface area contributed by atoms with E-state index in [4.69, 9.17) is 0 Å². The molecule has 0 aliphatic rings. The largest absolute Gasteiger partial charge is 0.550 e. The van der Waals surface area contributed by atoms with Crippen molar-refractivity contribution in [1.82, 2.24) is 0 Å². The molecule has 0 fully saturated rings. The number of aliphatic carboxylic acids is 1. The average Bonchev–Trinajstić information content (AvgIpc) is 2.47. The van der Waals surface area contributed by atoms with Crippen LogP contribution in [0.15, 0.2) is 48.5 Å². The molecular formula is C17H15NO2. The minimum atomic E-state index is -1.02. The first-order chi connectivity index (χ1) is 9.68. The van der Waals surface area contributed by atoms with E-state index in [2.05, 4.69) is 23.6 Å². The third kappa shape index (κ3) is 2.01. The molecule has 3 aromatic rings. The quantitative estimate of drug-likeness (QED) is 0.534. The van der Waals surface area contributed by atoms with Crippen LogP contribution in [0, 0.1) is 6.92 Å². The molecular weight excluding hydrogens is 250 g/mol. The van der Waals surface area contributed by atoms with Gasteiger partial charge in [-0.25, -0.2) is 0 Å². The molecule has 0 amide bonds. The van der Waals surface area contributed by atoms with Gasteiger partial charge in [-0.05, 0) is 24.6 Å². The second-order valence-electron chi connectivity index (χ2n) is 4.93. The van der Waals surface area contributed by atoms with Crippen LogP contribution >= 0.6 is 0 Å². The molecule has 0 saturated carbocycles. The summed E-state index contributed by atoms with van der Waals surface area (Å²) in [5, 5.41) is 13.1. The fraction of sp³-hybridized carbons (Fsp3) is 0.176. The van der Waals surface area contributed by atoms with E-state index in [-0.39, 0.29) is 6.42 Å². The fourth-order valence-electron chi connectivity index (χ4n) is 2.77. The van der Waals surface area contributed by atoms with Crippen LogP contribution in [0.1, 0.15) is 12.0 Å². The number of nitrogens with zero attached hydrogens (tertiary/aromatic N) is 1. The Bertz CT molecular complexity index is 752. The van der Waals surface area contributed by atoms with Crippen molar-refractivity contribution < 1.29 is 14.5 Å². The summed E-state index contributed by atoms with van der Waals surface area (Å²) < 4.78 is 2.06. The Hall–Kier alpha value is -2.42. The Morgan fingerprint density at radius 1 is 1.00 bits per heavy atom. The highest BCUT2D eigenvalue weighted by Gasteiger charge is 2.17. The third-order valence-electron chi connectivity index (χ3n) is 3.74. The van der Waals surface area contributed by atoms with Gasteiger partial charge >= 0.3 is 0 Å². The van der Waals surface area contributed by atoms with Crippen LogP contribution in [-0.2, 0) is 11.3 Å². The molecule has 0 radical (unpaired) electrons. The van der Waals surface area contributed by atoms with Crippen LogP contribution in [0.3, 0.4) is 0 Å². The van der Waals surface area contributed by atoms with Crippen molar-refractivity contribution in [2.75, 3.05) is 0 Å². The first-order valence-corrected chi connectivity index (χ1v) is 6.68. The third-order valence-corrected chi connectivity index (χ3v) is 3.74. The smallest absolute Gasteiger partial charge is 0.213 e. The number of rotatable bonds is 3. The number of benzene rings is 2. The molecule has 1 aromatic heterocycles. The van der Waals surface area contributed by atoms with Crippen LogP contribution in [-0.4, -0.2) is 5.97 Å². The lowest BCUT2D eigenvalue weighted by molar-refractivity contribution is -0.645. The zero-order valence-electron chi connectivity index (χ0n) is 11.3. The van der Waals surface area contributed by atoms with Gasteiger partial charge in [-0.2, -0.15) is 4.57 Å². The number of aryl methyl sites for hydroxylation is 2. The number of fused-ring (bicyclic) bond motifs is 2. The van der Waals surface area contributed by atoms with Crippen molar-refractivity contribution in [1.29, 1.82) is 0 Å². The van der Waals surface area contributed by atoms with Gasteiger partial charge in [0.15, 0.2) is 6.54 Å². The molecule has 0 unspecified atom stereocenters. The molecule has 0 aliphatic heterocycles. The number of carboxylic acids is 1. The number of carbonyl (C=O) groups is 1. The fourth-order valence-corrected chi connectivity index (χ4v) is 2.77. The van der Waals surface area contributed by atoms with E-state index in [1.807, 2.05) is 36.4 Å². The number of aromatic nitrogens is 1. The van der Waals surface area contributed by atoms with E-state index in [0.717, 1.165) is 21.8 Å². The van der Waals surface area contributed by atoms with Gasteiger partial charge in [0.2, 0.25) is 11.0 Å². The number of carboxylic acid groups (broad SMARTS) is 1. The van der Waals surface area contributed by atoms with Crippen molar-refractivity contribution in [2.24, 2.45) is 0 Å². The van der Waals surface area contributed by atoms with Gasteiger partial charge in [0.1, 0.15) is 0 Å². The van der Waals surface area contributed by atoms with Gasteiger partial charge in [-0.15, -0.1) is 0 Å². The van der Waals surface area contributed by atoms with Crippen molar-refractivity contribution in [3.05, 3.63) is 54.1 Å². The van der Waals surface area contributed by atoms with Crippen LogP contribution in [0.4, 0.5) is 0 Å². The summed E-state index contributed by atoms with van der Waals surface area (Å²) in [5.41, 5.74) is 3.34. The molecule has 0 atom stereocenters. The van der Waals surface area contributed by atoms with E-state index >= 15 is 0 Å². The zero-order chi connectivity index (χ0) is 14.1. The predicted molar refractivity (Wildman–Crippen MR) is 76.0 cm³/mol. The molecule has 100 valence electrons. The number of hydrogen-bond acceptors (Lipinski definition) is 2. The van der Waals surface area contributed by atoms with Crippen molar-refractivity contribution in [2.45, 2.75) is 19.9 Å². The molecule has 0 saturated heterocycles. The van der Waals surface area contributed by atoms with Gasteiger partial charge in [-0.1, -0.05) is 24.3 Å². The van der Waals surface area contributed by atoms with Crippen LogP contribution < -0.4 is 9.67 Å². The molecule has 3 rings (SSSR count). The van der Waals surface area contributed by atoms with E-state index in [1.165, 1.54) is 5.56 Å². The van der Waals surface area contributed by atoms with Crippen molar-refractivity contribution in [3.63, 3.8) is 0 Å². The molecule has 0 spiro atoms. The first kappa shape index (κ1) is 12.6. The van der Waals surface area contributed by atoms with E-state index < -0.39 is 5.97 Å². The normalized spacial score (nSPS) is 11.1. The maximum atomic E-state index is 10.8. The van der Waals surface area contributed by atoms with Crippen LogP contribution in [0.2, 0.25) is 0 Å². The number of pyridine rings is 1. The predicted octanol–water partition coefficient (Wildman–Crippen LogP) is 1.73. The lowest BCUT2D eigenvalue weighted by atomic mass is 10.0. The molecule has 20 heavy (non-hydrogen) atoms. The molecule has 3 heteroatoms. The Labute approximate surface area is 117 Å². The summed E-state index contributed by atoms with van der Waals surface area (Å²) in [4.78, 5) is 10.8. The lowest BCUT2D eigenvalue weighted by Crippen LogP contribution is -2.39. The highest BCUT2D eigenvalue weighted by Crippen LogP contribution is 2.23. The van der Waals surface area contributed by atoms with E-state index in [1.54, 1.807) is 0 Å². The Morgan fingerprint density at radius 3 is 2.00 bits per heavy atom. The van der Waals surface area contributed by atoms with E-state index in [9.17, 15) is 9.90 Å². The summed E-state index contributed by atoms with van der Waals surface area (Å²) in [5.74, 6) is -1.02. The van der Waals surface area contributed by atoms with E-state index in [0.29, 0.717) is 6.54 Å². The number of hydrogen-bond donors (Lipinski definition) is 0. The van der Waals surface area contributed by atoms with Crippen LogP contribution in [0.5, 0.6) is 0 Å². The molecule has 2 aromatic carbocycles. The number of carbonyl (C=O) groups excluding carboxylic acids is 1. The highest BCUT2D eigenvalue weighted by atomic mass is 16.4. The monoisotopic (exact) mass is 265 g/mol. The van der Waals surface area contributed by atoms with Crippen molar-refractivity contribution in [3.8, 4) is 0 Å².